The van der Waals surface area contributed by atoms with Gasteiger partial charge in [0.25, 0.3) is 0 Å². The highest BCUT2D eigenvalue weighted by Crippen LogP contribution is 2.31. The van der Waals surface area contributed by atoms with Gasteiger partial charge in [-0.1, -0.05) is 15.9 Å². The topological polar surface area (TPSA) is 88.2 Å². The Morgan fingerprint density at radius 2 is 2.35 bits per heavy atom. The third-order valence-corrected chi connectivity index (χ3v) is 3.47. The second-order valence-electron chi connectivity index (χ2n) is 5.02. The van der Waals surface area contributed by atoms with Crippen LogP contribution in [0.5, 0.6) is 5.75 Å². The second kappa shape index (κ2) is 5.77. The van der Waals surface area contributed by atoms with E-state index in [9.17, 15) is 15.4 Å². The molecule has 0 radical (unpaired) electrons. The zero-order valence-corrected chi connectivity index (χ0v) is 12.5. The van der Waals surface area contributed by atoms with E-state index >= 15 is 0 Å². The molecule has 0 aliphatic heterocycles. The Balaban J connectivity index is 2.09. The van der Waals surface area contributed by atoms with Crippen LogP contribution in [0.15, 0.2) is 22.7 Å². The summed E-state index contributed by atoms with van der Waals surface area (Å²) < 4.78 is 6.10. The van der Waals surface area contributed by atoms with Gasteiger partial charge < -0.3 is 4.74 Å². The molecule has 1 aliphatic rings. The van der Waals surface area contributed by atoms with E-state index in [2.05, 4.69) is 27.3 Å². The quantitative estimate of drug-likeness (QED) is 0.635. The molecule has 0 amide bonds. The molecule has 0 saturated heterocycles. The molecule has 1 unspecified atom stereocenters. The average molecular weight is 340 g/mol. The van der Waals surface area contributed by atoms with Crippen LogP contribution < -0.4 is 10.1 Å². The van der Waals surface area contributed by atoms with E-state index in [1.165, 1.54) is 12.1 Å². The Kier molecular flexibility index (Phi) is 4.26. The molecule has 106 valence electrons. The third kappa shape index (κ3) is 3.68. The van der Waals surface area contributed by atoms with Crippen molar-refractivity contribution in [3.8, 4) is 11.8 Å². The van der Waals surface area contributed by atoms with Crippen molar-refractivity contribution in [1.82, 2.24) is 5.32 Å². The summed E-state index contributed by atoms with van der Waals surface area (Å²) in [5.41, 5.74) is -0.964. The van der Waals surface area contributed by atoms with Crippen LogP contribution in [0.3, 0.4) is 0 Å². The molecule has 0 aromatic heterocycles. The molecule has 7 heteroatoms. The summed E-state index contributed by atoms with van der Waals surface area (Å²) in [7, 11) is 0. The number of ether oxygens (including phenoxy) is 1. The number of rotatable bonds is 6. The first-order chi connectivity index (χ1) is 9.43. The lowest BCUT2D eigenvalue weighted by Gasteiger charge is -2.23. The van der Waals surface area contributed by atoms with Crippen LogP contribution in [-0.4, -0.2) is 23.1 Å². The molecule has 2 rings (SSSR count). The lowest BCUT2D eigenvalue weighted by Crippen LogP contribution is -2.47. The van der Waals surface area contributed by atoms with Gasteiger partial charge in [0.1, 0.15) is 12.1 Å². The van der Waals surface area contributed by atoms with Gasteiger partial charge in [-0.3, -0.25) is 15.4 Å². The van der Waals surface area contributed by atoms with Gasteiger partial charge in [0.2, 0.25) is 0 Å². The van der Waals surface area contributed by atoms with Crippen molar-refractivity contribution in [2.75, 3.05) is 6.61 Å². The van der Waals surface area contributed by atoms with Gasteiger partial charge in [-0.25, -0.2) is 0 Å². The first-order valence-electron chi connectivity index (χ1n) is 6.19. The zero-order chi connectivity index (χ0) is 14.8. The van der Waals surface area contributed by atoms with Crippen molar-refractivity contribution in [2.45, 2.75) is 31.3 Å². The number of nitro benzene ring substituents is 1. The van der Waals surface area contributed by atoms with E-state index in [0.29, 0.717) is 10.5 Å². The Labute approximate surface area is 125 Å². The number of hydrogen-bond donors (Lipinski definition) is 1. The predicted molar refractivity (Wildman–Crippen MR) is 76.5 cm³/mol. The SMILES string of the molecule is CC(C#N)(COc1ccc(Br)cc1[N+](=O)[O-])NC1CC1. The molecule has 1 atom stereocenters. The summed E-state index contributed by atoms with van der Waals surface area (Å²) >= 11 is 3.19. The summed E-state index contributed by atoms with van der Waals surface area (Å²) in [6.07, 6.45) is 2.10. The minimum Gasteiger partial charge on any atom is -0.484 e. The van der Waals surface area contributed by atoms with E-state index in [1.54, 1.807) is 13.0 Å². The lowest BCUT2D eigenvalue weighted by molar-refractivity contribution is -0.386. The lowest BCUT2D eigenvalue weighted by atomic mass is 10.1. The Bertz CT molecular complexity index is 568. The highest BCUT2D eigenvalue weighted by Gasteiger charge is 2.33. The Hall–Kier alpha value is -1.65. The maximum absolute atomic E-state index is 11.0. The molecule has 1 aliphatic carbocycles. The van der Waals surface area contributed by atoms with Crippen molar-refractivity contribution >= 4 is 21.6 Å². The molecule has 6 nitrogen and oxygen atoms in total. The number of benzene rings is 1. The summed E-state index contributed by atoms with van der Waals surface area (Å²) in [5, 5.41) is 23.4. The van der Waals surface area contributed by atoms with Gasteiger partial charge in [0, 0.05) is 16.6 Å². The standard InChI is InChI=1S/C13H14BrN3O3/c1-13(7-15,16-10-3-4-10)8-20-12-5-2-9(14)6-11(12)17(18)19/h2,5-6,10,16H,3-4,8H2,1H3. The highest BCUT2D eigenvalue weighted by molar-refractivity contribution is 9.10. The minimum atomic E-state index is -0.845. The zero-order valence-electron chi connectivity index (χ0n) is 10.9. The van der Waals surface area contributed by atoms with Crippen LogP contribution in [0.4, 0.5) is 5.69 Å². The van der Waals surface area contributed by atoms with Crippen LogP contribution in [0.25, 0.3) is 0 Å². The molecule has 1 fully saturated rings. The summed E-state index contributed by atoms with van der Waals surface area (Å²) in [6.45, 7) is 1.79. The maximum Gasteiger partial charge on any atom is 0.312 e. The minimum absolute atomic E-state index is 0.0580. The molecular weight excluding hydrogens is 326 g/mol. The van der Waals surface area contributed by atoms with Gasteiger partial charge in [-0.2, -0.15) is 5.26 Å². The van der Waals surface area contributed by atoms with Crippen molar-refractivity contribution in [2.24, 2.45) is 0 Å². The number of hydrogen-bond acceptors (Lipinski definition) is 5. The molecule has 1 saturated carbocycles. The van der Waals surface area contributed by atoms with Crippen molar-refractivity contribution in [1.29, 1.82) is 5.26 Å². The molecule has 0 bridgehead atoms. The summed E-state index contributed by atoms with van der Waals surface area (Å²) in [4.78, 5) is 10.5. The van der Waals surface area contributed by atoms with Crippen LogP contribution in [-0.2, 0) is 0 Å². The normalized spacial score (nSPS) is 17.1. The van der Waals surface area contributed by atoms with Gasteiger partial charge >= 0.3 is 5.69 Å². The van der Waals surface area contributed by atoms with Crippen LogP contribution in [0.2, 0.25) is 0 Å². The molecule has 1 aromatic rings. The van der Waals surface area contributed by atoms with E-state index in [0.717, 1.165) is 12.8 Å². The highest BCUT2D eigenvalue weighted by atomic mass is 79.9. The molecule has 1 aromatic carbocycles. The molecule has 0 heterocycles. The fraction of sp³-hybridized carbons (Fsp3) is 0.462. The number of nitro groups is 1. The molecular formula is C13H14BrN3O3. The van der Waals surface area contributed by atoms with Crippen LogP contribution >= 0.6 is 15.9 Å². The Morgan fingerprint density at radius 3 is 2.90 bits per heavy atom. The van der Waals surface area contributed by atoms with Crippen molar-refractivity contribution in [3.63, 3.8) is 0 Å². The van der Waals surface area contributed by atoms with E-state index in [1.807, 2.05) is 0 Å². The van der Waals surface area contributed by atoms with E-state index < -0.39 is 10.5 Å². The monoisotopic (exact) mass is 339 g/mol. The molecule has 1 N–H and O–H groups in total. The second-order valence-corrected chi connectivity index (χ2v) is 5.94. The fourth-order valence-electron chi connectivity index (χ4n) is 1.76. The average Bonchev–Trinajstić information content (AvgIpc) is 3.21. The first kappa shape index (κ1) is 14.8. The maximum atomic E-state index is 11.0. The molecule has 20 heavy (non-hydrogen) atoms. The number of halogens is 1. The van der Waals surface area contributed by atoms with Gasteiger partial charge in [-0.05, 0) is 31.9 Å². The van der Waals surface area contributed by atoms with E-state index in [-0.39, 0.29) is 18.0 Å². The largest absolute Gasteiger partial charge is 0.484 e. The van der Waals surface area contributed by atoms with Crippen LogP contribution in [0, 0.1) is 21.4 Å². The number of nitrogens with zero attached hydrogens (tertiary/aromatic N) is 2. The number of nitrogens with one attached hydrogen (secondary N) is 1. The summed E-state index contributed by atoms with van der Waals surface area (Å²) in [5.74, 6) is 0.164. The first-order valence-corrected chi connectivity index (χ1v) is 6.98. The molecule has 0 spiro atoms. The fourth-order valence-corrected chi connectivity index (χ4v) is 2.11. The third-order valence-electron chi connectivity index (χ3n) is 2.98. The summed E-state index contributed by atoms with van der Waals surface area (Å²) in [6, 6.07) is 7.09. The van der Waals surface area contributed by atoms with Gasteiger partial charge in [-0.15, -0.1) is 0 Å². The van der Waals surface area contributed by atoms with Crippen LogP contribution in [0.1, 0.15) is 19.8 Å². The van der Waals surface area contributed by atoms with Crippen molar-refractivity contribution < 1.29 is 9.66 Å². The Morgan fingerprint density at radius 1 is 1.65 bits per heavy atom. The smallest absolute Gasteiger partial charge is 0.312 e. The van der Waals surface area contributed by atoms with E-state index in [4.69, 9.17) is 4.74 Å². The van der Waals surface area contributed by atoms with Crippen molar-refractivity contribution in [3.05, 3.63) is 32.8 Å². The predicted octanol–water partition coefficient (Wildman–Crippen LogP) is 2.77. The number of nitriles is 1. The van der Waals surface area contributed by atoms with Gasteiger partial charge in [0.15, 0.2) is 5.75 Å². The van der Waals surface area contributed by atoms with Gasteiger partial charge in [0.05, 0.1) is 11.0 Å².